The first-order valence-electron chi connectivity index (χ1n) is 6.61. The second kappa shape index (κ2) is 8.33. The van der Waals surface area contributed by atoms with Gasteiger partial charge in [-0.05, 0) is 19.4 Å². The van der Waals surface area contributed by atoms with E-state index in [-0.39, 0.29) is 13.2 Å². The Balaban J connectivity index is 2.67. The molecule has 0 fully saturated rings. The first-order valence-corrected chi connectivity index (χ1v) is 6.61. The zero-order valence-corrected chi connectivity index (χ0v) is 12.0. The summed E-state index contributed by atoms with van der Waals surface area (Å²) in [5, 5.41) is 20.8. The molecule has 0 aliphatic heterocycles. The van der Waals surface area contributed by atoms with Gasteiger partial charge in [0.25, 0.3) is 6.04 Å². The van der Waals surface area contributed by atoms with Crippen molar-refractivity contribution in [3.05, 3.63) is 46.0 Å². The molecule has 0 aliphatic carbocycles. The van der Waals surface area contributed by atoms with Gasteiger partial charge in [0.05, 0.1) is 13.2 Å². The highest BCUT2D eigenvalue weighted by atomic mass is 16.6. The number of ether oxygens (including phenoxy) is 2. The van der Waals surface area contributed by atoms with E-state index < -0.39 is 29.1 Å². The zero-order chi connectivity index (χ0) is 15.8. The Morgan fingerprint density at radius 1 is 1.38 bits per heavy atom. The van der Waals surface area contributed by atoms with Crippen molar-refractivity contribution in [2.24, 2.45) is 0 Å². The van der Waals surface area contributed by atoms with E-state index in [2.05, 4.69) is 4.74 Å². The van der Waals surface area contributed by atoms with Crippen molar-refractivity contribution >= 4 is 5.97 Å². The molecule has 0 spiro atoms. The summed E-state index contributed by atoms with van der Waals surface area (Å²) in [5.41, 5.74) is 0.845. The summed E-state index contributed by atoms with van der Waals surface area (Å²) in [6.07, 6.45) is -2.80. The van der Waals surface area contributed by atoms with Gasteiger partial charge < -0.3 is 14.6 Å². The predicted molar refractivity (Wildman–Crippen MR) is 74.1 cm³/mol. The van der Waals surface area contributed by atoms with Crippen molar-refractivity contribution in [3.8, 4) is 0 Å². The number of carbonyl (C=O) groups excluding carboxylic acids is 1. The minimum Gasteiger partial charge on any atom is -0.464 e. The third-order valence-corrected chi connectivity index (χ3v) is 2.93. The molecule has 1 aromatic carbocycles. The number of rotatable bonds is 8. The van der Waals surface area contributed by atoms with Crippen LogP contribution in [0.4, 0.5) is 0 Å². The van der Waals surface area contributed by atoms with Crippen molar-refractivity contribution in [2.75, 3.05) is 6.61 Å². The van der Waals surface area contributed by atoms with Gasteiger partial charge in [-0.15, -0.1) is 0 Å². The maximum Gasteiger partial charge on any atom is 0.342 e. The molecule has 7 nitrogen and oxygen atoms in total. The van der Waals surface area contributed by atoms with Gasteiger partial charge in [-0.25, -0.2) is 4.79 Å². The van der Waals surface area contributed by atoms with Gasteiger partial charge >= 0.3 is 5.97 Å². The van der Waals surface area contributed by atoms with E-state index in [1.807, 2.05) is 30.3 Å². The second-order valence-corrected chi connectivity index (χ2v) is 4.47. The van der Waals surface area contributed by atoms with Crippen LogP contribution in [-0.2, 0) is 20.9 Å². The molecule has 0 saturated carbocycles. The summed E-state index contributed by atoms with van der Waals surface area (Å²) < 4.78 is 9.99. The fourth-order valence-electron chi connectivity index (χ4n) is 1.81. The third kappa shape index (κ3) is 5.13. The zero-order valence-electron chi connectivity index (χ0n) is 12.0. The van der Waals surface area contributed by atoms with Crippen LogP contribution in [0.25, 0.3) is 0 Å². The van der Waals surface area contributed by atoms with Crippen molar-refractivity contribution in [1.29, 1.82) is 0 Å². The summed E-state index contributed by atoms with van der Waals surface area (Å²) in [4.78, 5) is 21.8. The SMILES string of the molecule is CCOC(=O)C(O)C([C@H](C)OCc1ccccc1)[N+](=O)[O-]. The normalized spacial score (nSPS) is 15.0. The molecule has 3 atom stereocenters. The number of hydrogen-bond donors (Lipinski definition) is 1. The lowest BCUT2D eigenvalue weighted by Gasteiger charge is -2.21. The molecule has 7 heteroatoms. The van der Waals surface area contributed by atoms with Crippen LogP contribution in [0.3, 0.4) is 0 Å². The average Bonchev–Trinajstić information content (AvgIpc) is 2.46. The molecule has 1 aromatic rings. The number of hydrogen-bond acceptors (Lipinski definition) is 6. The molecule has 21 heavy (non-hydrogen) atoms. The molecule has 0 bridgehead atoms. The van der Waals surface area contributed by atoms with Crippen LogP contribution in [0.2, 0.25) is 0 Å². The van der Waals surface area contributed by atoms with Gasteiger partial charge in [0, 0.05) is 4.92 Å². The van der Waals surface area contributed by atoms with Crippen LogP contribution in [-0.4, -0.2) is 40.9 Å². The minimum atomic E-state index is -1.86. The second-order valence-electron chi connectivity index (χ2n) is 4.47. The summed E-state index contributed by atoms with van der Waals surface area (Å²) in [7, 11) is 0. The fourth-order valence-corrected chi connectivity index (χ4v) is 1.81. The summed E-state index contributed by atoms with van der Waals surface area (Å²) >= 11 is 0. The number of esters is 1. The van der Waals surface area contributed by atoms with Crippen LogP contribution in [0, 0.1) is 10.1 Å². The van der Waals surface area contributed by atoms with E-state index in [0.29, 0.717) is 0 Å². The Labute approximate surface area is 122 Å². The summed E-state index contributed by atoms with van der Waals surface area (Å²) in [6, 6.07) is 7.54. The molecule has 116 valence electrons. The molecule has 0 heterocycles. The Hall–Kier alpha value is -1.99. The summed E-state index contributed by atoms with van der Waals surface area (Å²) in [6.45, 7) is 3.20. The largest absolute Gasteiger partial charge is 0.464 e. The first kappa shape index (κ1) is 17.1. The molecule has 0 aromatic heterocycles. The number of benzene rings is 1. The van der Waals surface area contributed by atoms with Gasteiger partial charge in [-0.2, -0.15) is 0 Å². The highest BCUT2D eigenvalue weighted by Gasteiger charge is 2.42. The number of aliphatic hydroxyl groups is 1. The van der Waals surface area contributed by atoms with Crippen LogP contribution in [0.5, 0.6) is 0 Å². The van der Waals surface area contributed by atoms with Crippen molar-refractivity contribution < 1.29 is 24.3 Å². The fraction of sp³-hybridized carbons (Fsp3) is 0.500. The van der Waals surface area contributed by atoms with Crippen LogP contribution < -0.4 is 0 Å². The Morgan fingerprint density at radius 3 is 2.52 bits per heavy atom. The minimum absolute atomic E-state index is 0.0413. The molecule has 0 aliphatic rings. The lowest BCUT2D eigenvalue weighted by molar-refractivity contribution is -0.544. The molecule has 0 saturated heterocycles. The van der Waals surface area contributed by atoms with Crippen LogP contribution >= 0.6 is 0 Å². The maximum atomic E-state index is 11.4. The van der Waals surface area contributed by atoms with Crippen molar-refractivity contribution in [2.45, 2.75) is 38.7 Å². The number of carbonyl (C=O) groups is 1. The lowest BCUT2D eigenvalue weighted by atomic mass is 10.1. The van der Waals surface area contributed by atoms with Crippen LogP contribution in [0.1, 0.15) is 19.4 Å². The molecule has 0 radical (unpaired) electrons. The molecule has 1 N–H and O–H groups in total. The Kier molecular flexibility index (Phi) is 6.77. The van der Waals surface area contributed by atoms with E-state index in [1.165, 1.54) is 6.92 Å². The topological polar surface area (TPSA) is 98.9 Å². The lowest BCUT2D eigenvalue weighted by Crippen LogP contribution is -2.48. The smallest absolute Gasteiger partial charge is 0.342 e. The third-order valence-electron chi connectivity index (χ3n) is 2.93. The number of nitro groups is 1. The number of aliphatic hydroxyl groups excluding tert-OH is 1. The highest BCUT2D eigenvalue weighted by molar-refractivity contribution is 5.75. The highest BCUT2D eigenvalue weighted by Crippen LogP contribution is 2.12. The molecule has 1 rings (SSSR count). The quantitative estimate of drug-likeness (QED) is 0.439. The van der Waals surface area contributed by atoms with E-state index in [9.17, 15) is 20.0 Å². The van der Waals surface area contributed by atoms with Gasteiger partial charge in [0.1, 0.15) is 6.10 Å². The maximum absolute atomic E-state index is 11.4. The molecular weight excluding hydrogens is 278 g/mol. The van der Waals surface area contributed by atoms with Gasteiger partial charge in [-0.1, -0.05) is 30.3 Å². The van der Waals surface area contributed by atoms with E-state index in [1.54, 1.807) is 6.92 Å². The van der Waals surface area contributed by atoms with E-state index in [4.69, 9.17) is 4.74 Å². The van der Waals surface area contributed by atoms with E-state index >= 15 is 0 Å². The van der Waals surface area contributed by atoms with Gasteiger partial charge in [-0.3, -0.25) is 10.1 Å². The summed E-state index contributed by atoms with van der Waals surface area (Å²) in [5.74, 6) is -1.02. The Morgan fingerprint density at radius 2 is 2.00 bits per heavy atom. The molecular formula is C14H19NO6. The van der Waals surface area contributed by atoms with Crippen molar-refractivity contribution in [1.82, 2.24) is 0 Å². The monoisotopic (exact) mass is 297 g/mol. The molecule has 2 unspecified atom stereocenters. The van der Waals surface area contributed by atoms with E-state index in [0.717, 1.165) is 5.56 Å². The average molecular weight is 297 g/mol. The van der Waals surface area contributed by atoms with Gasteiger partial charge in [0.2, 0.25) is 6.10 Å². The van der Waals surface area contributed by atoms with Gasteiger partial charge in [0.15, 0.2) is 0 Å². The number of nitrogens with zero attached hydrogens (tertiary/aromatic N) is 1. The Bertz CT molecular complexity index is 464. The van der Waals surface area contributed by atoms with Crippen molar-refractivity contribution in [3.63, 3.8) is 0 Å². The van der Waals surface area contributed by atoms with Crippen LogP contribution in [0.15, 0.2) is 30.3 Å². The standard InChI is InChI=1S/C14H19NO6/c1-3-20-14(17)13(16)12(15(18)19)10(2)21-9-11-7-5-4-6-8-11/h4-8,10,12-13,16H,3,9H2,1-2H3/t10-,12?,13?/m0/s1. The first-order chi connectivity index (χ1) is 9.97. The predicted octanol–water partition coefficient (Wildman–Crippen LogP) is 1.16. The molecule has 0 amide bonds.